The Bertz CT molecular complexity index is 943. The maximum atomic E-state index is 11.9. The quantitative estimate of drug-likeness (QED) is 0.349. The van der Waals surface area contributed by atoms with Crippen molar-refractivity contribution in [3.05, 3.63) is 83.6 Å². The number of alkyl carbamates (subject to hydrolysis) is 1. The van der Waals surface area contributed by atoms with Gasteiger partial charge in [0.15, 0.2) is 5.75 Å². The van der Waals surface area contributed by atoms with Gasteiger partial charge in [0.25, 0.3) is 0 Å². The van der Waals surface area contributed by atoms with E-state index in [0.717, 1.165) is 23.3 Å². The summed E-state index contributed by atoms with van der Waals surface area (Å²) < 4.78 is 14.2. The Morgan fingerprint density at radius 3 is 2.48 bits per heavy atom. The molecule has 0 fully saturated rings. The zero-order valence-electron chi connectivity index (χ0n) is 17.9. The number of carbonyl (C=O) groups excluding carboxylic acids is 1. The Morgan fingerprint density at radius 2 is 1.81 bits per heavy atom. The maximum absolute atomic E-state index is 11.9. The molecule has 0 atom stereocenters. The molecule has 0 spiro atoms. The van der Waals surface area contributed by atoms with Crippen molar-refractivity contribution in [2.45, 2.75) is 39.4 Å². The summed E-state index contributed by atoms with van der Waals surface area (Å²) >= 11 is 1.51. The third kappa shape index (κ3) is 9.21. The third-order valence-corrected chi connectivity index (χ3v) is 8.29. The van der Waals surface area contributed by atoms with Crippen LogP contribution in [0.2, 0.25) is 0 Å². The van der Waals surface area contributed by atoms with E-state index in [4.69, 9.17) is 9.47 Å². The minimum Gasteiger partial charge on any atom is -1.00 e. The van der Waals surface area contributed by atoms with Crippen molar-refractivity contribution >= 4 is 17.4 Å². The molecule has 7 heteroatoms. The number of benzene rings is 2. The zero-order chi connectivity index (χ0) is 21.4. The highest BCUT2D eigenvalue weighted by Gasteiger charge is 2.23. The predicted molar refractivity (Wildman–Crippen MR) is 117 cm³/mol. The molecule has 31 heavy (non-hydrogen) atoms. The molecular weight excluding hydrogens is 589 g/mol. The van der Waals surface area contributed by atoms with E-state index in [-0.39, 0.29) is 44.3 Å². The monoisotopic (exact) mass is 615 g/mol. The van der Waals surface area contributed by atoms with Crippen molar-refractivity contribution < 1.29 is 52.5 Å². The van der Waals surface area contributed by atoms with Gasteiger partial charge in [0, 0.05) is 12.6 Å². The van der Waals surface area contributed by atoms with Gasteiger partial charge in [0.05, 0.1) is 0 Å². The molecule has 166 valence electrons. The molecule has 0 aliphatic rings. The van der Waals surface area contributed by atoms with Crippen molar-refractivity contribution in [3.63, 3.8) is 0 Å². The standard InChI is InChI=1S/C24H26INO3S.BrH/c1-24(2,3)29-23(27)26-14-13-18-11-12-20(25-22-10-7-15-30-22)21(16-18)28-17-19-8-5-4-6-9-19;/h4-12,15-16H,13-14,17H2,1-3H3;1H. The smallest absolute Gasteiger partial charge is 0.407 e. The normalized spacial score (nSPS) is 10.8. The number of rotatable bonds is 8. The molecule has 1 aromatic heterocycles. The van der Waals surface area contributed by atoms with E-state index in [1.54, 1.807) is 11.3 Å². The predicted octanol–water partition coefficient (Wildman–Crippen LogP) is -0.473. The third-order valence-electron chi connectivity index (χ3n) is 4.00. The number of halogens is 2. The highest BCUT2D eigenvalue weighted by atomic mass is 127. The Hall–Kier alpha value is -1.58. The summed E-state index contributed by atoms with van der Waals surface area (Å²) in [6.45, 7) is 6.64. The summed E-state index contributed by atoms with van der Waals surface area (Å²) in [5.41, 5.74) is 1.79. The van der Waals surface area contributed by atoms with Crippen LogP contribution in [0.5, 0.6) is 5.75 Å². The SMILES string of the molecule is CC(C)(C)OC(=O)NCCc1ccc([I+]c2cccs2)c(OCc2ccccc2)c1.[Br-]. The summed E-state index contributed by atoms with van der Waals surface area (Å²) in [5, 5.41) is 4.94. The van der Waals surface area contributed by atoms with E-state index in [2.05, 4.69) is 53.2 Å². The minimum absolute atomic E-state index is 0. The van der Waals surface area contributed by atoms with Crippen LogP contribution in [0.3, 0.4) is 0 Å². The van der Waals surface area contributed by atoms with Crippen LogP contribution in [-0.2, 0) is 17.8 Å². The highest BCUT2D eigenvalue weighted by molar-refractivity contribution is 7.07. The Kier molecular flexibility index (Phi) is 10.3. The summed E-state index contributed by atoms with van der Waals surface area (Å²) in [6.07, 6.45) is 0.335. The first-order valence-corrected chi connectivity index (χ1v) is 12.9. The zero-order valence-corrected chi connectivity index (χ0v) is 22.4. The average molecular weight is 616 g/mol. The Labute approximate surface area is 209 Å². The number of thiophene rings is 1. The van der Waals surface area contributed by atoms with Gasteiger partial charge in [-0.25, -0.2) is 4.79 Å². The summed E-state index contributed by atoms with van der Waals surface area (Å²) in [7, 11) is 0. The molecule has 0 bridgehead atoms. The summed E-state index contributed by atoms with van der Waals surface area (Å²) in [4.78, 5) is 11.9. The second kappa shape index (κ2) is 12.5. The number of ether oxygens (including phenoxy) is 2. The van der Waals surface area contributed by atoms with E-state index in [0.29, 0.717) is 13.2 Å². The Balaban J connectivity index is 0.00000341. The number of hydrogen-bond donors (Lipinski definition) is 1. The number of hydrogen-bond acceptors (Lipinski definition) is 4. The molecule has 3 rings (SSSR count). The van der Waals surface area contributed by atoms with Gasteiger partial charge in [-0.15, -0.1) is 0 Å². The summed E-state index contributed by atoms with van der Waals surface area (Å²) in [5.74, 6) is 0.940. The van der Waals surface area contributed by atoms with Crippen molar-refractivity contribution in [1.29, 1.82) is 0 Å². The summed E-state index contributed by atoms with van der Waals surface area (Å²) in [6, 6.07) is 20.9. The molecule has 0 unspecified atom stereocenters. The molecule has 0 aliphatic carbocycles. The van der Waals surface area contributed by atoms with Gasteiger partial charge in [0.1, 0.15) is 12.2 Å². The molecule has 0 saturated heterocycles. The molecule has 0 radical (unpaired) electrons. The molecule has 1 heterocycles. The van der Waals surface area contributed by atoms with Gasteiger partial charge in [-0.05, 0) is 61.9 Å². The van der Waals surface area contributed by atoms with E-state index in [1.165, 1.54) is 6.45 Å². The molecule has 0 saturated carbocycles. The lowest BCUT2D eigenvalue weighted by Crippen LogP contribution is -3.61. The Morgan fingerprint density at radius 1 is 1.03 bits per heavy atom. The lowest BCUT2D eigenvalue weighted by Gasteiger charge is -2.19. The van der Waals surface area contributed by atoms with Gasteiger partial charge in [-0.1, -0.05) is 47.7 Å². The van der Waals surface area contributed by atoms with Gasteiger partial charge in [0.2, 0.25) is 6.45 Å². The van der Waals surface area contributed by atoms with Crippen molar-refractivity contribution in [2.24, 2.45) is 0 Å². The fourth-order valence-corrected chi connectivity index (χ4v) is 6.43. The molecule has 3 aromatic rings. The molecular formula is C24H27BrINO3S. The van der Waals surface area contributed by atoms with E-state index in [1.807, 2.05) is 39.0 Å². The largest absolute Gasteiger partial charge is 1.00 e. The molecule has 2 aromatic carbocycles. The van der Waals surface area contributed by atoms with Crippen LogP contribution in [-0.4, -0.2) is 18.2 Å². The molecule has 0 aliphatic heterocycles. The first kappa shape index (κ1) is 25.7. The van der Waals surface area contributed by atoms with Gasteiger partial charge < -0.3 is 31.8 Å². The van der Waals surface area contributed by atoms with Crippen LogP contribution in [0.15, 0.2) is 66.0 Å². The fourth-order valence-electron chi connectivity index (χ4n) is 2.66. The van der Waals surface area contributed by atoms with Crippen LogP contribution in [0.1, 0.15) is 31.9 Å². The van der Waals surface area contributed by atoms with Crippen molar-refractivity contribution in [3.8, 4) is 5.75 Å². The second-order valence-corrected chi connectivity index (χ2v) is 12.3. The van der Waals surface area contributed by atoms with Crippen LogP contribution < -0.4 is 48.2 Å². The topological polar surface area (TPSA) is 47.6 Å². The number of nitrogens with one attached hydrogen (secondary N) is 1. The van der Waals surface area contributed by atoms with Crippen LogP contribution in [0.25, 0.3) is 0 Å². The van der Waals surface area contributed by atoms with Crippen LogP contribution >= 0.6 is 11.3 Å². The number of carbonyl (C=O) groups is 1. The van der Waals surface area contributed by atoms with Crippen molar-refractivity contribution in [2.75, 3.05) is 6.54 Å². The van der Waals surface area contributed by atoms with Gasteiger partial charge in [-0.3, -0.25) is 0 Å². The molecule has 1 amide bonds. The second-order valence-electron chi connectivity index (χ2n) is 7.73. The lowest BCUT2D eigenvalue weighted by atomic mass is 10.1. The van der Waals surface area contributed by atoms with E-state index in [9.17, 15) is 4.79 Å². The van der Waals surface area contributed by atoms with Gasteiger partial charge in [-0.2, -0.15) is 0 Å². The first-order chi connectivity index (χ1) is 14.4. The minimum atomic E-state index is -0.490. The molecule has 4 nitrogen and oxygen atoms in total. The highest BCUT2D eigenvalue weighted by Crippen LogP contribution is 2.16. The van der Waals surface area contributed by atoms with Crippen LogP contribution in [0, 0.1) is 6.45 Å². The maximum Gasteiger partial charge on any atom is 0.407 e. The molecule has 1 N–H and O–H groups in total. The van der Waals surface area contributed by atoms with E-state index >= 15 is 0 Å². The van der Waals surface area contributed by atoms with Gasteiger partial charge >= 0.3 is 27.3 Å². The van der Waals surface area contributed by atoms with Crippen molar-refractivity contribution in [1.82, 2.24) is 5.32 Å². The van der Waals surface area contributed by atoms with E-state index < -0.39 is 5.60 Å². The fraction of sp³-hybridized carbons (Fsp3) is 0.292. The average Bonchev–Trinajstić information content (AvgIpc) is 3.20. The first-order valence-electron chi connectivity index (χ1n) is 9.84. The number of amides is 1. The lowest BCUT2D eigenvalue weighted by molar-refractivity contribution is -0.592. The van der Waals surface area contributed by atoms with Crippen LogP contribution in [0.4, 0.5) is 4.79 Å².